The van der Waals surface area contributed by atoms with E-state index in [9.17, 15) is 0 Å². The molecule has 1 saturated heterocycles. The molecule has 1 fully saturated rings. The van der Waals surface area contributed by atoms with Gasteiger partial charge in [-0.2, -0.15) is 0 Å². The van der Waals surface area contributed by atoms with Crippen LogP contribution in [0.3, 0.4) is 0 Å². The van der Waals surface area contributed by atoms with Crippen LogP contribution in [-0.4, -0.2) is 44.3 Å². The maximum absolute atomic E-state index is 5.72. The van der Waals surface area contributed by atoms with Gasteiger partial charge in [-0.3, -0.25) is 0 Å². The van der Waals surface area contributed by atoms with Crippen molar-refractivity contribution in [2.45, 2.75) is 32.2 Å². The quantitative estimate of drug-likeness (QED) is 0.722. The number of rotatable bonds is 5. The van der Waals surface area contributed by atoms with Crippen LogP contribution >= 0.6 is 0 Å². The number of ether oxygens (including phenoxy) is 1. The van der Waals surface area contributed by atoms with Crippen LogP contribution in [0, 0.1) is 5.92 Å². The predicted octanol–water partition coefficient (Wildman–Crippen LogP) is 1.08. The standard InChI is InChI=1S/C11H24N2O/c1-3-11(8-12)13(2)9-10-4-6-14-7-5-10/h10-11H,3-9,12H2,1-2H3. The molecule has 3 heteroatoms. The minimum Gasteiger partial charge on any atom is -0.381 e. The fourth-order valence-corrected chi connectivity index (χ4v) is 2.14. The molecular formula is C11H24N2O. The lowest BCUT2D eigenvalue weighted by Crippen LogP contribution is -2.41. The van der Waals surface area contributed by atoms with Crippen molar-refractivity contribution in [3.8, 4) is 0 Å². The number of hydrogen-bond acceptors (Lipinski definition) is 3. The topological polar surface area (TPSA) is 38.5 Å². The lowest BCUT2D eigenvalue weighted by molar-refractivity contribution is 0.0505. The van der Waals surface area contributed by atoms with Crippen molar-refractivity contribution < 1.29 is 4.74 Å². The highest BCUT2D eigenvalue weighted by atomic mass is 16.5. The van der Waals surface area contributed by atoms with Gasteiger partial charge in [-0.15, -0.1) is 0 Å². The van der Waals surface area contributed by atoms with Gasteiger partial charge in [-0.05, 0) is 32.2 Å². The van der Waals surface area contributed by atoms with Crippen LogP contribution in [0.5, 0.6) is 0 Å². The summed E-state index contributed by atoms with van der Waals surface area (Å²) in [6.07, 6.45) is 3.58. The summed E-state index contributed by atoms with van der Waals surface area (Å²) in [5, 5.41) is 0. The Hall–Kier alpha value is -0.120. The van der Waals surface area contributed by atoms with Crippen molar-refractivity contribution in [2.75, 3.05) is 33.4 Å². The molecule has 84 valence electrons. The smallest absolute Gasteiger partial charge is 0.0469 e. The summed E-state index contributed by atoms with van der Waals surface area (Å²) in [6.45, 7) is 6.04. The summed E-state index contributed by atoms with van der Waals surface area (Å²) in [5.74, 6) is 0.814. The molecule has 0 radical (unpaired) electrons. The molecule has 0 bridgehead atoms. The maximum atomic E-state index is 5.72. The summed E-state index contributed by atoms with van der Waals surface area (Å²) in [5.41, 5.74) is 5.72. The number of nitrogens with zero attached hydrogens (tertiary/aromatic N) is 1. The number of nitrogens with two attached hydrogens (primary N) is 1. The monoisotopic (exact) mass is 200 g/mol. The van der Waals surface area contributed by atoms with Gasteiger partial charge in [0, 0.05) is 32.3 Å². The second-order valence-corrected chi connectivity index (χ2v) is 4.29. The summed E-state index contributed by atoms with van der Waals surface area (Å²) in [4.78, 5) is 2.41. The lowest BCUT2D eigenvalue weighted by atomic mass is 9.99. The molecule has 14 heavy (non-hydrogen) atoms. The van der Waals surface area contributed by atoms with Gasteiger partial charge in [0.2, 0.25) is 0 Å². The molecule has 0 amide bonds. The van der Waals surface area contributed by atoms with E-state index in [0.29, 0.717) is 6.04 Å². The third kappa shape index (κ3) is 3.56. The van der Waals surface area contributed by atoms with Crippen molar-refractivity contribution in [3.05, 3.63) is 0 Å². The van der Waals surface area contributed by atoms with Gasteiger partial charge in [0.1, 0.15) is 0 Å². The Bertz CT molecular complexity index is 142. The normalized spacial score (nSPS) is 21.4. The fraction of sp³-hybridized carbons (Fsp3) is 1.00. The Balaban J connectivity index is 2.26. The third-order valence-electron chi connectivity index (χ3n) is 3.25. The third-order valence-corrected chi connectivity index (χ3v) is 3.25. The van der Waals surface area contributed by atoms with E-state index in [2.05, 4.69) is 18.9 Å². The second kappa shape index (κ2) is 6.38. The highest BCUT2D eigenvalue weighted by Gasteiger charge is 2.18. The highest BCUT2D eigenvalue weighted by Crippen LogP contribution is 2.16. The molecule has 1 aliphatic heterocycles. The van der Waals surface area contributed by atoms with Crippen LogP contribution in [0.25, 0.3) is 0 Å². The zero-order valence-corrected chi connectivity index (χ0v) is 9.54. The van der Waals surface area contributed by atoms with Crippen LogP contribution in [0.2, 0.25) is 0 Å². The first-order valence-electron chi connectivity index (χ1n) is 5.76. The van der Waals surface area contributed by atoms with E-state index in [1.54, 1.807) is 0 Å². The van der Waals surface area contributed by atoms with Crippen LogP contribution in [-0.2, 0) is 4.74 Å². The summed E-state index contributed by atoms with van der Waals surface area (Å²) >= 11 is 0. The summed E-state index contributed by atoms with van der Waals surface area (Å²) in [7, 11) is 2.19. The number of likely N-dealkylation sites (N-methyl/N-ethyl adjacent to an activating group) is 1. The van der Waals surface area contributed by atoms with Crippen LogP contribution in [0.1, 0.15) is 26.2 Å². The van der Waals surface area contributed by atoms with Gasteiger partial charge in [0.05, 0.1) is 0 Å². The Morgan fingerprint density at radius 1 is 1.43 bits per heavy atom. The van der Waals surface area contributed by atoms with Crippen molar-refractivity contribution >= 4 is 0 Å². The molecule has 0 aromatic carbocycles. The van der Waals surface area contributed by atoms with E-state index in [-0.39, 0.29) is 0 Å². The van der Waals surface area contributed by atoms with Crippen LogP contribution in [0.4, 0.5) is 0 Å². The molecule has 0 aromatic heterocycles. The Kier molecular flexibility index (Phi) is 5.45. The van der Waals surface area contributed by atoms with Gasteiger partial charge in [0.15, 0.2) is 0 Å². The van der Waals surface area contributed by atoms with Crippen molar-refractivity contribution in [3.63, 3.8) is 0 Å². The molecule has 1 heterocycles. The molecule has 1 rings (SSSR count). The van der Waals surface area contributed by atoms with Crippen molar-refractivity contribution in [1.29, 1.82) is 0 Å². The van der Waals surface area contributed by atoms with Crippen LogP contribution < -0.4 is 5.73 Å². The average molecular weight is 200 g/mol. The SMILES string of the molecule is CCC(CN)N(C)CC1CCOCC1. The number of hydrogen-bond donors (Lipinski definition) is 1. The van der Waals surface area contributed by atoms with Crippen molar-refractivity contribution in [2.24, 2.45) is 11.7 Å². The minimum atomic E-state index is 0.554. The molecule has 1 aliphatic rings. The van der Waals surface area contributed by atoms with E-state index < -0.39 is 0 Å². The zero-order chi connectivity index (χ0) is 10.4. The molecule has 3 nitrogen and oxygen atoms in total. The molecule has 1 atom stereocenters. The average Bonchev–Trinajstić information content (AvgIpc) is 2.21. The van der Waals surface area contributed by atoms with Gasteiger partial charge in [0.25, 0.3) is 0 Å². The highest BCUT2D eigenvalue weighted by molar-refractivity contribution is 4.73. The maximum Gasteiger partial charge on any atom is 0.0469 e. The summed E-state index contributed by atoms with van der Waals surface area (Å²) < 4.78 is 5.35. The molecule has 1 unspecified atom stereocenters. The first-order valence-corrected chi connectivity index (χ1v) is 5.76. The van der Waals surface area contributed by atoms with Crippen LogP contribution in [0.15, 0.2) is 0 Å². The first-order chi connectivity index (χ1) is 6.77. The lowest BCUT2D eigenvalue weighted by Gasteiger charge is -2.31. The molecular weight excluding hydrogens is 176 g/mol. The predicted molar refractivity (Wildman–Crippen MR) is 59.3 cm³/mol. The van der Waals surface area contributed by atoms with Gasteiger partial charge in [-0.1, -0.05) is 6.92 Å². The Morgan fingerprint density at radius 3 is 2.57 bits per heavy atom. The van der Waals surface area contributed by atoms with E-state index in [4.69, 9.17) is 10.5 Å². The molecule has 0 saturated carbocycles. The zero-order valence-electron chi connectivity index (χ0n) is 9.54. The molecule has 0 aromatic rings. The van der Waals surface area contributed by atoms with E-state index >= 15 is 0 Å². The van der Waals surface area contributed by atoms with Crippen molar-refractivity contribution in [1.82, 2.24) is 4.90 Å². The fourth-order valence-electron chi connectivity index (χ4n) is 2.14. The Labute approximate surface area is 87.6 Å². The molecule has 0 spiro atoms. The second-order valence-electron chi connectivity index (χ2n) is 4.29. The molecule has 2 N–H and O–H groups in total. The first kappa shape index (κ1) is 12.0. The summed E-state index contributed by atoms with van der Waals surface area (Å²) in [6, 6.07) is 0.554. The van der Waals surface area contributed by atoms with Gasteiger partial charge < -0.3 is 15.4 Å². The van der Waals surface area contributed by atoms with E-state index in [0.717, 1.165) is 32.1 Å². The van der Waals surface area contributed by atoms with Gasteiger partial charge >= 0.3 is 0 Å². The largest absolute Gasteiger partial charge is 0.381 e. The Morgan fingerprint density at radius 2 is 2.07 bits per heavy atom. The van der Waals surface area contributed by atoms with E-state index in [1.807, 2.05) is 0 Å². The van der Waals surface area contributed by atoms with Gasteiger partial charge in [-0.25, -0.2) is 0 Å². The minimum absolute atomic E-state index is 0.554. The molecule has 0 aliphatic carbocycles. The van der Waals surface area contributed by atoms with E-state index in [1.165, 1.54) is 19.4 Å².